The summed E-state index contributed by atoms with van der Waals surface area (Å²) in [6, 6.07) is -7.51. The van der Waals surface area contributed by atoms with Crippen LogP contribution in [0.15, 0.2) is 62.6 Å². The topological polar surface area (TPSA) is 352 Å². The Morgan fingerprint density at radius 1 is 0.492 bits per heavy atom. The second-order valence-electron chi connectivity index (χ2n) is 14.3. The Labute approximate surface area is 336 Å². The summed E-state index contributed by atoms with van der Waals surface area (Å²) in [6.07, 6.45) is 14.1. The van der Waals surface area contributed by atoms with Crippen LogP contribution in [0.3, 0.4) is 0 Å². The van der Waals surface area contributed by atoms with Gasteiger partial charge in [0.25, 0.3) is 0 Å². The Hall–Kier alpha value is -7.17. The van der Waals surface area contributed by atoms with E-state index in [0.29, 0.717) is 34.9 Å². The minimum atomic E-state index is -1.38. The third-order valence-corrected chi connectivity index (χ3v) is 9.10. The van der Waals surface area contributed by atoms with Crippen LogP contribution in [0, 0.1) is 5.92 Å². The molecule has 0 aromatic carbocycles. The molecule has 0 saturated carbocycles. The quantitative estimate of drug-likeness (QED) is 0.0330. The van der Waals surface area contributed by atoms with Crippen LogP contribution in [0.4, 0.5) is 0 Å². The fourth-order valence-corrected chi connectivity index (χ4v) is 6.10. The van der Waals surface area contributed by atoms with E-state index in [1.807, 2.05) is 13.8 Å². The molecular weight excluding hydrogens is 769 g/mol. The van der Waals surface area contributed by atoms with Gasteiger partial charge in [-0.15, -0.1) is 0 Å². The van der Waals surface area contributed by atoms with E-state index < -0.39 is 71.8 Å². The molecule has 0 spiro atoms. The highest BCUT2D eigenvalue weighted by Crippen LogP contribution is 2.09. The lowest BCUT2D eigenvalue weighted by Crippen LogP contribution is -2.60. The molecule has 5 heterocycles. The van der Waals surface area contributed by atoms with Crippen LogP contribution in [0.2, 0.25) is 0 Å². The third kappa shape index (κ3) is 13.2. The molecule has 0 saturated heterocycles. The summed E-state index contributed by atoms with van der Waals surface area (Å²) in [7, 11) is 0. The van der Waals surface area contributed by atoms with E-state index in [0.717, 1.165) is 0 Å². The smallest absolute Gasteiger partial charge is 0.326 e. The van der Waals surface area contributed by atoms with E-state index in [9.17, 15) is 33.9 Å². The molecule has 0 radical (unpaired) electrons. The number of carbonyl (C=O) groups is 6. The lowest BCUT2D eigenvalue weighted by atomic mass is 10.0. The molecule has 0 bridgehead atoms. The summed E-state index contributed by atoms with van der Waals surface area (Å²) >= 11 is 0. The molecule has 0 unspecified atom stereocenters. The van der Waals surface area contributed by atoms with Gasteiger partial charge in [-0.2, -0.15) is 0 Å². The van der Waals surface area contributed by atoms with E-state index in [4.69, 9.17) is 5.73 Å². The number of carbonyl (C=O) groups excluding carboxylic acids is 5. The Bertz CT molecular complexity index is 2070. The predicted molar refractivity (Wildman–Crippen MR) is 206 cm³/mol. The number of carboxylic acid groups (broad SMARTS) is 1. The molecule has 0 aliphatic carbocycles. The van der Waals surface area contributed by atoms with Gasteiger partial charge in [0.2, 0.25) is 29.5 Å². The molecular formula is C36H48N16O7. The summed E-state index contributed by atoms with van der Waals surface area (Å²) < 4.78 is 0. The highest BCUT2D eigenvalue weighted by molar-refractivity contribution is 5.96. The number of imidazole rings is 5. The van der Waals surface area contributed by atoms with Crippen LogP contribution in [-0.4, -0.2) is 127 Å². The van der Waals surface area contributed by atoms with Crippen molar-refractivity contribution in [2.45, 2.75) is 88.6 Å². The van der Waals surface area contributed by atoms with Gasteiger partial charge in [-0.05, 0) is 12.3 Å². The van der Waals surface area contributed by atoms with Crippen LogP contribution in [0.5, 0.6) is 0 Å². The zero-order valence-electron chi connectivity index (χ0n) is 32.3. The minimum absolute atomic E-state index is 0.0143. The largest absolute Gasteiger partial charge is 0.480 e. The number of rotatable bonds is 23. The van der Waals surface area contributed by atoms with Crippen molar-refractivity contribution in [1.29, 1.82) is 0 Å². The maximum Gasteiger partial charge on any atom is 0.326 e. The molecule has 59 heavy (non-hydrogen) atoms. The molecule has 5 aromatic heterocycles. The number of nitrogens with one attached hydrogen (secondary N) is 10. The van der Waals surface area contributed by atoms with E-state index >= 15 is 0 Å². The van der Waals surface area contributed by atoms with Gasteiger partial charge < -0.3 is 62.3 Å². The second kappa shape index (κ2) is 20.8. The molecule has 23 heteroatoms. The molecule has 0 fully saturated rings. The Morgan fingerprint density at radius 2 is 0.746 bits per heavy atom. The Morgan fingerprint density at radius 3 is 0.983 bits per heavy atom. The fraction of sp³-hybridized carbons (Fsp3) is 0.417. The number of amides is 5. The lowest BCUT2D eigenvalue weighted by Gasteiger charge is -2.27. The average molecular weight is 817 g/mol. The number of hydrogen-bond donors (Lipinski definition) is 12. The summed E-state index contributed by atoms with van der Waals surface area (Å²) in [4.78, 5) is 116. The average Bonchev–Trinajstić information content (AvgIpc) is 4.05. The van der Waals surface area contributed by atoms with Crippen molar-refractivity contribution in [3.8, 4) is 0 Å². The molecule has 5 amide bonds. The molecule has 314 valence electrons. The van der Waals surface area contributed by atoms with Crippen molar-refractivity contribution in [3.05, 3.63) is 91.1 Å². The molecule has 13 N–H and O–H groups in total. The molecule has 5 aromatic rings. The first-order valence-electron chi connectivity index (χ1n) is 18.7. The fourth-order valence-electron chi connectivity index (χ4n) is 6.10. The van der Waals surface area contributed by atoms with Gasteiger partial charge in [-0.25, -0.2) is 29.7 Å². The number of nitrogens with two attached hydrogens (primary N) is 1. The molecule has 5 rings (SSSR count). The number of aromatic nitrogens is 10. The monoisotopic (exact) mass is 816 g/mol. The zero-order valence-corrected chi connectivity index (χ0v) is 32.3. The van der Waals surface area contributed by atoms with Gasteiger partial charge in [-0.1, -0.05) is 13.8 Å². The molecule has 6 atom stereocenters. The Kier molecular flexibility index (Phi) is 15.2. The van der Waals surface area contributed by atoms with Crippen LogP contribution in [-0.2, 0) is 60.9 Å². The zero-order chi connectivity index (χ0) is 42.3. The van der Waals surface area contributed by atoms with Crippen molar-refractivity contribution in [3.63, 3.8) is 0 Å². The maximum absolute atomic E-state index is 14.2. The third-order valence-electron chi connectivity index (χ3n) is 9.10. The number of aromatic amines is 5. The van der Waals surface area contributed by atoms with Crippen molar-refractivity contribution >= 4 is 35.5 Å². The lowest BCUT2D eigenvalue weighted by molar-refractivity contribution is -0.142. The van der Waals surface area contributed by atoms with E-state index in [2.05, 4.69) is 76.4 Å². The second-order valence-corrected chi connectivity index (χ2v) is 14.3. The van der Waals surface area contributed by atoms with E-state index in [1.54, 1.807) is 0 Å². The van der Waals surface area contributed by atoms with Crippen LogP contribution < -0.4 is 32.3 Å². The van der Waals surface area contributed by atoms with Gasteiger partial charge in [0.1, 0.15) is 30.2 Å². The van der Waals surface area contributed by atoms with Gasteiger partial charge in [0.05, 0.1) is 37.7 Å². The number of H-pyrrole nitrogens is 5. The SMILES string of the molecule is CC(C)C[C@H](N)C(=O)N[C@@H](Cc1cnc[nH]1)C(=O)N[C@@H](Cc1cnc[nH]1)C(=O)N[C@@H](Cc1cnc[nH]1)C(=O)N[C@@H](Cc1cnc[nH]1)C(=O)N[C@@H](Cc1cnc[nH]1)C(=O)O. The van der Waals surface area contributed by atoms with Gasteiger partial charge in [0, 0.05) is 91.6 Å². The summed E-state index contributed by atoms with van der Waals surface area (Å²) in [5.74, 6) is -4.94. The number of hydrogen-bond acceptors (Lipinski definition) is 12. The highest BCUT2D eigenvalue weighted by Gasteiger charge is 2.34. The van der Waals surface area contributed by atoms with Gasteiger partial charge in [0.15, 0.2) is 0 Å². The predicted octanol–water partition coefficient (Wildman–Crippen LogP) is -2.30. The van der Waals surface area contributed by atoms with Crippen LogP contribution in [0.25, 0.3) is 0 Å². The molecule has 23 nitrogen and oxygen atoms in total. The normalized spacial score (nSPS) is 14.3. The first-order valence-corrected chi connectivity index (χ1v) is 18.7. The van der Waals surface area contributed by atoms with Crippen molar-refractivity contribution in [2.75, 3.05) is 0 Å². The van der Waals surface area contributed by atoms with Gasteiger partial charge in [-0.3, -0.25) is 24.0 Å². The van der Waals surface area contributed by atoms with E-state index in [-0.39, 0.29) is 38.0 Å². The number of carboxylic acids is 1. The standard InChI is InChI=1S/C36H48N16O7/c1-19(2)3-25(37)31(53)48-26(4-20-9-38-14-43-20)32(54)49-27(5-21-10-39-15-44-21)33(55)50-28(6-22-11-40-16-45-22)34(56)51-29(7-23-12-41-17-46-23)35(57)52-30(36(58)59)8-24-13-42-18-47-24/h9-19,25-30H,3-8,37H2,1-2H3,(H,38,43)(H,39,44)(H,40,45)(H,41,46)(H,42,47)(H,48,53)(H,49,54)(H,50,55)(H,51,56)(H,52,57)(H,58,59)/t25-,26-,27-,28-,29-,30-/m0/s1. The Balaban J connectivity index is 1.37. The first kappa shape index (κ1) is 43.0. The summed E-state index contributed by atoms with van der Waals surface area (Å²) in [5.41, 5.74) is 8.47. The maximum atomic E-state index is 14.2. The number of nitrogens with zero attached hydrogens (tertiary/aromatic N) is 5. The molecule has 0 aliphatic rings. The minimum Gasteiger partial charge on any atom is -0.480 e. The highest BCUT2D eigenvalue weighted by atomic mass is 16.4. The van der Waals surface area contributed by atoms with Crippen LogP contribution >= 0.6 is 0 Å². The van der Waals surface area contributed by atoms with Gasteiger partial charge >= 0.3 is 5.97 Å². The van der Waals surface area contributed by atoms with Crippen LogP contribution in [0.1, 0.15) is 48.7 Å². The van der Waals surface area contributed by atoms with E-state index in [1.165, 1.54) is 62.6 Å². The molecule has 0 aliphatic heterocycles. The van der Waals surface area contributed by atoms with Crippen molar-refractivity contribution in [1.82, 2.24) is 76.4 Å². The first-order chi connectivity index (χ1) is 28.3. The number of aliphatic carboxylic acids is 1. The van der Waals surface area contributed by atoms with Crippen molar-refractivity contribution < 1.29 is 33.9 Å². The summed E-state index contributed by atoms with van der Waals surface area (Å²) in [5, 5.41) is 23.1. The van der Waals surface area contributed by atoms with Crippen molar-refractivity contribution in [2.24, 2.45) is 11.7 Å². The summed E-state index contributed by atoms with van der Waals surface area (Å²) in [6.45, 7) is 3.82.